The Hall–Kier alpha value is -1.60. The highest BCUT2D eigenvalue weighted by atomic mass is 35.5. The van der Waals surface area contributed by atoms with Crippen LogP contribution in [0.25, 0.3) is 0 Å². The molecule has 0 aliphatic carbocycles. The van der Waals surface area contributed by atoms with Crippen molar-refractivity contribution in [3.8, 4) is 5.75 Å². The van der Waals surface area contributed by atoms with Gasteiger partial charge >= 0.3 is 0 Å². The predicted molar refractivity (Wildman–Crippen MR) is 125 cm³/mol. The van der Waals surface area contributed by atoms with Crippen molar-refractivity contribution in [2.45, 2.75) is 19.0 Å². The Balaban J connectivity index is 2.17. The summed E-state index contributed by atoms with van der Waals surface area (Å²) >= 11 is 19.7. The van der Waals surface area contributed by atoms with E-state index in [-0.39, 0.29) is 23.0 Å². The van der Waals surface area contributed by atoms with E-state index in [1.807, 2.05) is 6.26 Å². The number of hydrogen-bond donors (Lipinski definition) is 1. The summed E-state index contributed by atoms with van der Waals surface area (Å²) in [7, 11) is 3.24. The van der Waals surface area contributed by atoms with Gasteiger partial charge in [0.25, 0.3) is 5.91 Å². The summed E-state index contributed by atoms with van der Waals surface area (Å²) in [6.07, 6.45) is 2.42. The van der Waals surface area contributed by atoms with E-state index in [0.29, 0.717) is 28.0 Å². The van der Waals surface area contributed by atoms with Crippen molar-refractivity contribution in [3.05, 3.63) is 62.6 Å². The third-order valence-corrected chi connectivity index (χ3v) is 5.84. The molecule has 1 atom stereocenters. The quantitative estimate of drug-likeness (QED) is 0.528. The number of likely N-dealkylation sites (N-methyl/N-ethyl adjacent to an activating group) is 1. The summed E-state index contributed by atoms with van der Waals surface area (Å²) in [6, 6.07) is 9.15. The zero-order valence-corrected chi connectivity index (χ0v) is 20.0. The van der Waals surface area contributed by atoms with Gasteiger partial charge in [0.05, 0.1) is 17.7 Å². The maximum absolute atomic E-state index is 13.1. The zero-order valence-electron chi connectivity index (χ0n) is 16.9. The van der Waals surface area contributed by atoms with Gasteiger partial charge in [0, 0.05) is 29.2 Å². The minimum Gasteiger partial charge on any atom is -0.496 e. The lowest BCUT2D eigenvalue weighted by molar-refractivity contribution is -0.132. The number of amides is 2. The number of methoxy groups -OCH3 is 1. The molecule has 162 valence electrons. The van der Waals surface area contributed by atoms with Gasteiger partial charge in [0.15, 0.2) is 0 Å². The van der Waals surface area contributed by atoms with Crippen molar-refractivity contribution in [1.29, 1.82) is 0 Å². The zero-order chi connectivity index (χ0) is 22.3. The minimum absolute atomic E-state index is 0.218. The molecule has 2 aromatic carbocycles. The van der Waals surface area contributed by atoms with Crippen LogP contribution in [0.5, 0.6) is 5.75 Å². The van der Waals surface area contributed by atoms with Crippen molar-refractivity contribution >= 4 is 58.4 Å². The molecule has 0 radical (unpaired) electrons. The SMILES string of the molecule is COc1ccc(Cl)cc1CN(C)C(=O)C(CCSC)NC(=O)c1ccc(Cl)cc1Cl. The molecule has 9 heteroatoms. The second kappa shape index (κ2) is 11.7. The van der Waals surface area contributed by atoms with Crippen LogP contribution in [0.3, 0.4) is 0 Å². The maximum Gasteiger partial charge on any atom is 0.253 e. The van der Waals surface area contributed by atoms with Crippen LogP contribution < -0.4 is 10.1 Å². The second-order valence-electron chi connectivity index (χ2n) is 6.58. The maximum atomic E-state index is 13.1. The summed E-state index contributed by atoms with van der Waals surface area (Å²) in [4.78, 5) is 27.4. The number of rotatable bonds is 9. The number of nitrogens with one attached hydrogen (secondary N) is 1. The highest BCUT2D eigenvalue weighted by Gasteiger charge is 2.25. The summed E-state index contributed by atoms with van der Waals surface area (Å²) < 4.78 is 5.36. The highest BCUT2D eigenvalue weighted by Crippen LogP contribution is 2.24. The number of ether oxygens (including phenoxy) is 1. The van der Waals surface area contributed by atoms with E-state index in [2.05, 4.69) is 5.32 Å². The molecular weight excluding hydrogens is 467 g/mol. The predicted octanol–water partition coefficient (Wildman–Crippen LogP) is 5.17. The van der Waals surface area contributed by atoms with Gasteiger partial charge in [-0.25, -0.2) is 0 Å². The molecule has 1 N–H and O–H groups in total. The molecular formula is C21H23Cl3N2O3S. The van der Waals surface area contributed by atoms with Crippen molar-refractivity contribution < 1.29 is 14.3 Å². The Bertz CT molecular complexity index is 911. The van der Waals surface area contributed by atoms with Crippen molar-refractivity contribution in [1.82, 2.24) is 10.2 Å². The third kappa shape index (κ3) is 6.71. The average molecular weight is 490 g/mol. The van der Waals surface area contributed by atoms with Crippen LogP contribution in [0.2, 0.25) is 15.1 Å². The lowest BCUT2D eigenvalue weighted by Gasteiger charge is -2.25. The van der Waals surface area contributed by atoms with Gasteiger partial charge in [-0.2, -0.15) is 11.8 Å². The molecule has 2 aromatic rings. The van der Waals surface area contributed by atoms with Crippen LogP contribution in [-0.2, 0) is 11.3 Å². The molecule has 5 nitrogen and oxygen atoms in total. The molecule has 0 saturated heterocycles. The summed E-state index contributed by atoms with van der Waals surface area (Å²) in [5.41, 5.74) is 1.04. The van der Waals surface area contributed by atoms with Gasteiger partial charge in [-0.3, -0.25) is 9.59 Å². The number of benzene rings is 2. The Labute approximate surface area is 196 Å². The number of thioether (sulfide) groups is 1. The average Bonchev–Trinajstić information content (AvgIpc) is 2.70. The molecule has 0 saturated carbocycles. The van der Waals surface area contributed by atoms with Crippen LogP contribution in [0.4, 0.5) is 0 Å². The van der Waals surface area contributed by atoms with E-state index >= 15 is 0 Å². The minimum atomic E-state index is -0.702. The smallest absolute Gasteiger partial charge is 0.253 e. The number of carbonyl (C=O) groups is 2. The number of nitrogens with zero attached hydrogens (tertiary/aromatic N) is 1. The second-order valence-corrected chi connectivity index (χ2v) is 8.85. The normalized spacial score (nSPS) is 11.7. The monoisotopic (exact) mass is 488 g/mol. The summed E-state index contributed by atoms with van der Waals surface area (Å²) in [5, 5.41) is 4.02. The first-order chi connectivity index (χ1) is 14.3. The largest absolute Gasteiger partial charge is 0.496 e. The number of carbonyl (C=O) groups excluding carboxylic acids is 2. The Kier molecular flexibility index (Phi) is 9.62. The standard InChI is InChI=1S/C21H23Cl3N2O3S/c1-26(12-13-10-14(22)5-7-19(13)29-2)21(28)18(8-9-30-3)25-20(27)16-6-4-15(23)11-17(16)24/h4-7,10-11,18H,8-9,12H2,1-3H3,(H,25,27). The Morgan fingerprint density at radius 3 is 2.43 bits per heavy atom. The van der Waals surface area contributed by atoms with Crippen LogP contribution in [0.15, 0.2) is 36.4 Å². The molecule has 0 heterocycles. The fourth-order valence-corrected chi connectivity index (χ4v) is 4.03. The lowest BCUT2D eigenvalue weighted by Crippen LogP contribution is -2.47. The van der Waals surface area contributed by atoms with E-state index in [1.165, 1.54) is 12.1 Å². The third-order valence-electron chi connectivity index (χ3n) is 4.42. The van der Waals surface area contributed by atoms with Gasteiger partial charge in [-0.05, 0) is 54.8 Å². The first kappa shape index (κ1) is 24.7. The molecule has 0 bridgehead atoms. The molecule has 2 amide bonds. The molecule has 0 spiro atoms. The molecule has 30 heavy (non-hydrogen) atoms. The van der Waals surface area contributed by atoms with Gasteiger partial charge in [-0.1, -0.05) is 34.8 Å². The topological polar surface area (TPSA) is 58.6 Å². The van der Waals surface area contributed by atoms with Gasteiger partial charge in [0.1, 0.15) is 11.8 Å². The summed E-state index contributed by atoms with van der Waals surface area (Å²) in [5.74, 6) is 0.699. The number of hydrogen-bond acceptors (Lipinski definition) is 4. The van der Waals surface area contributed by atoms with Crippen molar-refractivity contribution in [3.63, 3.8) is 0 Å². The van der Waals surface area contributed by atoms with E-state index in [9.17, 15) is 9.59 Å². The van der Waals surface area contributed by atoms with Crippen LogP contribution in [0.1, 0.15) is 22.3 Å². The van der Waals surface area contributed by atoms with Crippen molar-refractivity contribution in [2.24, 2.45) is 0 Å². The fourth-order valence-electron chi connectivity index (χ4n) is 2.87. The molecule has 1 unspecified atom stereocenters. The van der Waals surface area contributed by atoms with Gasteiger partial charge in [-0.15, -0.1) is 0 Å². The van der Waals surface area contributed by atoms with E-state index in [4.69, 9.17) is 39.5 Å². The highest BCUT2D eigenvalue weighted by molar-refractivity contribution is 7.98. The Morgan fingerprint density at radius 1 is 1.13 bits per heavy atom. The van der Waals surface area contributed by atoms with Crippen LogP contribution in [-0.4, -0.2) is 48.9 Å². The fraction of sp³-hybridized carbons (Fsp3) is 0.333. The first-order valence-corrected chi connectivity index (χ1v) is 11.6. The van der Waals surface area contributed by atoms with Crippen LogP contribution >= 0.6 is 46.6 Å². The molecule has 0 fully saturated rings. The molecule has 2 rings (SSSR count). The van der Waals surface area contributed by atoms with Crippen LogP contribution in [0, 0.1) is 0 Å². The van der Waals surface area contributed by atoms with E-state index < -0.39 is 11.9 Å². The number of halogens is 3. The summed E-state index contributed by atoms with van der Waals surface area (Å²) in [6.45, 7) is 0.288. The first-order valence-electron chi connectivity index (χ1n) is 9.09. The lowest BCUT2D eigenvalue weighted by atomic mass is 10.1. The molecule has 0 aromatic heterocycles. The Morgan fingerprint density at radius 2 is 1.80 bits per heavy atom. The molecule has 0 aliphatic heterocycles. The molecule has 0 aliphatic rings. The van der Waals surface area contributed by atoms with E-state index in [0.717, 1.165) is 5.56 Å². The van der Waals surface area contributed by atoms with Gasteiger partial charge < -0.3 is 15.0 Å². The van der Waals surface area contributed by atoms with Crippen molar-refractivity contribution in [2.75, 3.05) is 26.2 Å². The van der Waals surface area contributed by atoms with E-state index in [1.54, 1.807) is 55.1 Å². The van der Waals surface area contributed by atoms with Gasteiger partial charge in [0.2, 0.25) is 5.91 Å².